The molecule has 0 aromatic heterocycles. The van der Waals surface area contributed by atoms with Crippen molar-refractivity contribution in [2.45, 2.75) is 13.3 Å². The van der Waals surface area contributed by atoms with E-state index in [-0.39, 0.29) is 5.91 Å². The zero-order valence-electron chi connectivity index (χ0n) is 10.9. The predicted molar refractivity (Wildman–Crippen MR) is 71.7 cm³/mol. The quantitative estimate of drug-likeness (QED) is 0.744. The fourth-order valence-electron chi connectivity index (χ4n) is 1.79. The molecule has 1 aromatic carbocycles. The summed E-state index contributed by atoms with van der Waals surface area (Å²) in [6, 6.07) is 11.7. The molecular weight excluding hydrogens is 224 g/mol. The van der Waals surface area contributed by atoms with E-state index in [4.69, 9.17) is 5.26 Å². The Balaban J connectivity index is 2.70. The minimum Gasteiger partial charge on any atom is -0.341 e. The number of benzene rings is 1. The number of nitrogens with zero attached hydrogens (tertiary/aromatic N) is 2. The molecule has 0 aliphatic heterocycles. The predicted octanol–water partition coefficient (Wildman–Crippen LogP) is 2.40. The molecule has 0 aliphatic rings. The highest BCUT2D eigenvalue weighted by molar-refractivity contribution is 5.81. The van der Waals surface area contributed by atoms with Gasteiger partial charge in [-0.05, 0) is 18.9 Å². The number of nitriles is 1. The summed E-state index contributed by atoms with van der Waals surface area (Å²) in [4.78, 5) is 13.6. The smallest absolute Gasteiger partial charge is 0.240 e. The lowest BCUT2D eigenvalue weighted by Crippen LogP contribution is -2.34. The molecule has 0 saturated carbocycles. The van der Waals surface area contributed by atoms with Gasteiger partial charge in [-0.25, -0.2) is 0 Å². The second kappa shape index (κ2) is 6.61. The average molecular weight is 242 g/mol. The summed E-state index contributed by atoms with van der Waals surface area (Å²) in [5.41, 5.74) is 1.91. The number of likely N-dealkylation sites (N-methyl/N-ethyl adjacent to an activating group) is 1. The first-order valence-electron chi connectivity index (χ1n) is 5.87. The van der Waals surface area contributed by atoms with Crippen LogP contribution in [0.1, 0.15) is 12.5 Å². The number of hydrogen-bond donors (Lipinski definition) is 0. The van der Waals surface area contributed by atoms with Crippen molar-refractivity contribution in [1.29, 1.82) is 5.26 Å². The van der Waals surface area contributed by atoms with E-state index in [1.54, 1.807) is 11.9 Å². The molecule has 1 amide bonds. The maximum Gasteiger partial charge on any atom is 0.240 e. The van der Waals surface area contributed by atoms with E-state index in [2.05, 4.69) is 12.6 Å². The minimum atomic E-state index is -0.628. The van der Waals surface area contributed by atoms with Crippen molar-refractivity contribution in [2.24, 2.45) is 5.92 Å². The monoisotopic (exact) mass is 242 g/mol. The van der Waals surface area contributed by atoms with Crippen molar-refractivity contribution in [1.82, 2.24) is 4.90 Å². The van der Waals surface area contributed by atoms with E-state index in [0.717, 1.165) is 11.1 Å². The molecule has 0 aliphatic carbocycles. The molecule has 1 unspecified atom stereocenters. The molecule has 1 atom stereocenters. The van der Waals surface area contributed by atoms with Crippen LogP contribution < -0.4 is 0 Å². The molecule has 0 saturated heterocycles. The summed E-state index contributed by atoms with van der Waals surface area (Å²) in [7, 11) is 1.70. The third-order valence-corrected chi connectivity index (χ3v) is 2.62. The Kier molecular flexibility index (Phi) is 5.13. The fourth-order valence-corrected chi connectivity index (χ4v) is 1.79. The van der Waals surface area contributed by atoms with Crippen molar-refractivity contribution < 1.29 is 4.79 Å². The number of carbonyl (C=O) groups is 1. The number of hydrogen-bond acceptors (Lipinski definition) is 2. The highest BCUT2D eigenvalue weighted by Gasteiger charge is 2.21. The molecule has 1 rings (SSSR count). The average Bonchev–Trinajstić information content (AvgIpc) is 2.35. The van der Waals surface area contributed by atoms with Crippen molar-refractivity contribution in [3.05, 3.63) is 48.0 Å². The molecule has 0 N–H and O–H groups in total. The van der Waals surface area contributed by atoms with Crippen LogP contribution in [0, 0.1) is 17.2 Å². The van der Waals surface area contributed by atoms with Crippen molar-refractivity contribution in [3.63, 3.8) is 0 Å². The normalized spacial score (nSPS) is 11.4. The molecule has 0 heterocycles. The van der Waals surface area contributed by atoms with Crippen LogP contribution in [0.15, 0.2) is 42.5 Å². The lowest BCUT2D eigenvalue weighted by atomic mass is 9.99. The Hall–Kier alpha value is -2.08. The van der Waals surface area contributed by atoms with Gasteiger partial charge in [0.1, 0.15) is 5.92 Å². The molecule has 3 heteroatoms. The van der Waals surface area contributed by atoms with E-state index in [0.29, 0.717) is 13.0 Å². The summed E-state index contributed by atoms with van der Waals surface area (Å²) in [5.74, 6) is -0.777. The standard InChI is InChI=1S/C15H18N2O/c1-12(2)11-17(3)15(18)14(10-16)9-13-7-5-4-6-8-13/h4-8,14H,1,9,11H2,2-3H3. The summed E-state index contributed by atoms with van der Waals surface area (Å²) in [6.45, 7) is 6.13. The van der Waals surface area contributed by atoms with Crippen LogP contribution >= 0.6 is 0 Å². The lowest BCUT2D eigenvalue weighted by molar-refractivity contribution is -0.132. The molecule has 1 aromatic rings. The zero-order valence-corrected chi connectivity index (χ0v) is 10.9. The third kappa shape index (κ3) is 4.06. The topological polar surface area (TPSA) is 44.1 Å². The summed E-state index contributed by atoms with van der Waals surface area (Å²) >= 11 is 0. The molecule has 0 radical (unpaired) electrons. The maximum absolute atomic E-state index is 12.1. The number of rotatable bonds is 5. The summed E-state index contributed by atoms with van der Waals surface area (Å²) in [5, 5.41) is 9.12. The van der Waals surface area contributed by atoms with Crippen LogP contribution in [0.3, 0.4) is 0 Å². The summed E-state index contributed by atoms with van der Waals surface area (Å²) in [6.07, 6.45) is 0.455. The van der Waals surface area contributed by atoms with Gasteiger partial charge in [0, 0.05) is 13.6 Å². The van der Waals surface area contributed by atoms with Gasteiger partial charge in [-0.2, -0.15) is 5.26 Å². The minimum absolute atomic E-state index is 0.149. The molecule has 94 valence electrons. The van der Waals surface area contributed by atoms with Crippen LogP contribution in [0.4, 0.5) is 0 Å². The van der Waals surface area contributed by atoms with Crippen molar-refractivity contribution >= 4 is 5.91 Å². The number of amides is 1. The van der Waals surface area contributed by atoms with Gasteiger partial charge in [-0.15, -0.1) is 0 Å². The Labute approximate surface area is 108 Å². The first-order valence-corrected chi connectivity index (χ1v) is 5.87. The van der Waals surface area contributed by atoms with Crippen LogP contribution in [0.2, 0.25) is 0 Å². The van der Waals surface area contributed by atoms with E-state index in [9.17, 15) is 4.79 Å². The highest BCUT2D eigenvalue weighted by atomic mass is 16.2. The first-order chi connectivity index (χ1) is 8.54. The van der Waals surface area contributed by atoms with Gasteiger partial charge in [-0.1, -0.05) is 42.5 Å². The molecular formula is C15H18N2O. The molecule has 0 fully saturated rings. The van der Waals surface area contributed by atoms with E-state index < -0.39 is 5.92 Å². The zero-order chi connectivity index (χ0) is 13.5. The van der Waals surface area contributed by atoms with Crippen LogP contribution in [-0.4, -0.2) is 24.4 Å². The highest BCUT2D eigenvalue weighted by Crippen LogP contribution is 2.11. The lowest BCUT2D eigenvalue weighted by Gasteiger charge is -2.20. The summed E-state index contributed by atoms with van der Waals surface area (Å²) < 4.78 is 0. The van der Waals surface area contributed by atoms with E-state index in [1.807, 2.05) is 37.3 Å². The first kappa shape index (κ1) is 14.0. The van der Waals surface area contributed by atoms with Gasteiger partial charge in [0.15, 0.2) is 0 Å². The Morgan fingerprint density at radius 2 is 2.06 bits per heavy atom. The second-order valence-electron chi connectivity index (χ2n) is 4.52. The van der Waals surface area contributed by atoms with Gasteiger partial charge < -0.3 is 4.90 Å². The van der Waals surface area contributed by atoms with Crippen LogP contribution in [-0.2, 0) is 11.2 Å². The molecule has 0 bridgehead atoms. The van der Waals surface area contributed by atoms with E-state index in [1.165, 1.54) is 0 Å². The SMILES string of the molecule is C=C(C)CN(C)C(=O)C(C#N)Cc1ccccc1. The Morgan fingerprint density at radius 3 is 2.56 bits per heavy atom. The van der Waals surface area contributed by atoms with Gasteiger partial charge in [0.25, 0.3) is 0 Å². The van der Waals surface area contributed by atoms with Gasteiger partial charge in [0.2, 0.25) is 5.91 Å². The van der Waals surface area contributed by atoms with Crippen LogP contribution in [0.5, 0.6) is 0 Å². The van der Waals surface area contributed by atoms with E-state index >= 15 is 0 Å². The number of carbonyl (C=O) groups excluding carboxylic acids is 1. The Morgan fingerprint density at radius 1 is 1.44 bits per heavy atom. The van der Waals surface area contributed by atoms with Gasteiger partial charge in [-0.3, -0.25) is 4.79 Å². The maximum atomic E-state index is 12.1. The third-order valence-electron chi connectivity index (χ3n) is 2.62. The second-order valence-corrected chi connectivity index (χ2v) is 4.52. The van der Waals surface area contributed by atoms with Crippen LogP contribution in [0.25, 0.3) is 0 Å². The fraction of sp³-hybridized carbons (Fsp3) is 0.333. The van der Waals surface area contributed by atoms with Gasteiger partial charge >= 0.3 is 0 Å². The Bertz CT molecular complexity index is 459. The van der Waals surface area contributed by atoms with Crippen molar-refractivity contribution in [3.8, 4) is 6.07 Å². The molecule has 18 heavy (non-hydrogen) atoms. The molecule has 3 nitrogen and oxygen atoms in total. The van der Waals surface area contributed by atoms with Crippen molar-refractivity contribution in [2.75, 3.05) is 13.6 Å². The van der Waals surface area contributed by atoms with Gasteiger partial charge in [0.05, 0.1) is 6.07 Å². The largest absolute Gasteiger partial charge is 0.341 e. The molecule has 0 spiro atoms.